The van der Waals surface area contributed by atoms with Gasteiger partial charge in [-0.25, -0.2) is 0 Å². The first-order valence-corrected chi connectivity index (χ1v) is 6.12. The van der Waals surface area contributed by atoms with Crippen LogP contribution in [0.25, 0.3) is 0 Å². The molecule has 0 aromatic heterocycles. The number of terminal acetylenes is 1. The van der Waals surface area contributed by atoms with Crippen molar-refractivity contribution in [3.8, 4) is 12.3 Å². The molecule has 0 saturated carbocycles. The summed E-state index contributed by atoms with van der Waals surface area (Å²) in [6.07, 6.45) is 7.94. The Morgan fingerprint density at radius 3 is 2.87 bits per heavy atom. The van der Waals surface area contributed by atoms with Crippen LogP contribution in [0.4, 0.5) is 0 Å². The smallest absolute Gasteiger partial charge is 0.0683 e. The van der Waals surface area contributed by atoms with Crippen LogP contribution in [0.1, 0.15) is 33.6 Å². The van der Waals surface area contributed by atoms with Crippen molar-refractivity contribution < 1.29 is 0 Å². The zero-order valence-electron chi connectivity index (χ0n) is 10.3. The van der Waals surface area contributed by atoms with Gasteiger partial charge >= 0.3 is 0 Å². The topological polar surface area (TPSA) is 15.3 Å². The average Bonchev–Trinajstić information content (AvgIpc) is 2.52. The lowest BCUT2D eigenvalue weighted by molar-refractivity contribution is 0.218. The molecule has 0 aliphatic carbocycles. The molecule has 1 N–H and O–H groups in total. The van der Waals surface area contributed by atoms with Gasteiger partial charge in [0.15, 0.2) is 0 Å². The van der Waals surface area contributed by atoms with Gasteiger partial charge in [-0.2, -0.15) is 0 Å². The Labute approximate surface area is 94.4 Å². The van der Waals surface area contributed by atoms with Crippen molar-refractivity contribution in [1.29, 1.82) is 0 Å². The highest BCUT2D eigenvalue weighted by atomic mass is 15.2. The van der Waals surface area contributed by atoms with E-state index < -0.39 is 0 Å². The van der Waals surface area contributed by atoms with Crippen molar-refractivity contribution in [2.24, 2.45) is 5.92 Å². The Morgan fingerprint density at radius 2 is 2.27 bits per heavy atom. The van der Waals surface area contributed by atoms with Gasteiger partial charge in [-0.15, -0.1) is 6.42 Å². The summed E-state index contributed by atoms with van der Waals surface area (Å²) in [5.41, 5.74) is 0. The standard InChI is InChI=1S/C13H24N2/c1-5-11(3)13-10-15(12(4)6-2)9-7-8-14-13/h2,11-14H,5,7-10H2,1,3-4H3. The first-order chi connectivity index (χ1) is 7.19. The van der Waals surface area contributed by atoms with Crippen LogP contribution < -0.4 is 5.32 Å². The van der Waals surface area contributed by atoms with Crippen LogP contribution >= 0.6 is 0 Å². The molecule has 1 heterocycles. The summed E-state index contributed by atoms with van der Waals surface area (Å²) < 4.78 is 0. The fourth-order valence-corrected chi connectivity index (χ4v) is 2.10. The number of hydrogen-bond donors (Lipinski definition) is 1. The zero-order chi connectivity index (χ0) is 11.3. The van der Waals surface area contributed by atoms with E-state index in [1.807, 2.05) is 0 Å². The summed E-state index contributed by atoms with van der Waals surface area (Å²) in [7, 11) is 0. The number of rotatable bonds is 3. The Kier molecular flexibility index (Phi) is 5.14. The number of nitrogens with zero attached hydrogens (tertiary/aromatic N) is 1. The lowest BCUT2D eigenvalue weighted by Crippen LogP contribution is -2.44. The van der Waals surface area contributed by atoms with Crippen LogP contribution in [0, 0.1) is 18.3 Å². The largest absolute Gasteiger partial charge is 0.312 e. The van der Waals surface area contributed by atoms with E-state index in [2.05, 4.69) is 36.9 Å². The van der Waals surface area contributed by atoms with E-state index in [1.54, 1.807) is 0 Å². The third-order valence-corrected chi connectivity index (χ3v) is 3.58. The maximum Gasteiger partial charge on any atom is 0.0683 e. The van der Waals surface area contributed by atoms with Gasteiger partial charge < -0.3 is 5.32 Å². The minimum atomic E-state index is 0.274. The number of hydrogen-bond acceptors (Lipinski definition) is 2. The van der Waals surface area contributed by atoms with Crippen molar-refractivity contribution >= 4 is 0 Å². The van der Waals surface area contributed by atoms with Crippen LogP contribution in [0.3, 0.4) is 0 Å². The quantitative estimate of drug-likeness (QED) is 0.710. The Hall–Kier alpha value is -0.520. The summed E-state index contributed by atoms with van der Waals surface area (Å²) in [5.74, 6) is 3.57. The van der Waals surface area contributed by atoms with Gasteiger partial charge in [0.05, 0.1) is 6.04 Å². The molecule has 2 nitrogen and oxygen atoms in total. The molecule has 1 aliphatic rings. The summed E-state index contributed by atoms with van der Waals surface area (Å²) in [5, 5.41) is 3.63. The van der Waals surface area contributed by atoms with Crippen molar-refractivity contribution in [3.05, 3.63) is 0 Å². The fourth-order valence-electron chi connectivity index (χ4n) is 2.10. The molecule has 1 rings (SSSR count). The molecule has 86 valence electrons. The highest BCUT2D eigenvalue weighted by Gasteiger charge is 2.23. The normalized spacial score (nSPS) is 27.7. The molecule has 15 heavy (non-hydrogen) atoms. The number of nitrogens with one attached hydrogen (secondary N) is 1. The lowest BCUT2D eigenvalue weighted by atomic mass is 9.98. The van der Waals surface area contributed by atoms with Gasteiger partial charge in [-0.1, -0.05) is 26.2 Å². The molecular weight excluding hydrogens is 184 g/mol. The Balaban J connectivity index is 2.57. The highest BCUT2D eigenvalue weighted by molar-refractivity contribution is 4.98. The van der Waals surface area contributed by atoms with E-state index in [1.165, 1.54) is 12.8 Å². The van der Waals surface area contributed by atoms with Crippen molar-refractivity contribution in [1.82, 2.24) is 10.2 Å². The van der Waals surface area contributed by atoms with Crippen LogP contribution in [-0.4, -0.2) is 36.6 Å². The van der Waals surface area contributed by atoms with E-state index in [4.69, 9.17) is 6.42 Å². The van der Waals surface area contributed by atoms with E-state index in [0.717, 1.165) is 25.6 Å². The molecule has 2 heteroatoms. The van der Waals surface area contributed by atoms with E-state index in [-0.39, 0.29) is 6.04 Å². The molecule has 0 radical (unpaired) electrons. The second-order valence-corrected chi connectivity index (χ2v) is 4.64. The van der Waals surface area contributed by atoms with Gasteiger partial charge in [0.25, 0.3) is 0 Å². The van der Waals surface area contributed by atoms with E-state index in [0.29, 0.717) is 6.04 Å². The van der Waals surface area contributed by atoms with Crippen LogP contribution in [0.5, 0.6) is 0 Å². The Morgan fingerprint density at radius 1 is 1.53 bits per heavy atom. The minimum Gasteiger partial charge on any atom is -0.312 e. The monoisotopic (exact) mass is 208 g/mol. The van der Waals surface area contributed by atoms with Gasteiger partial charge in [0.2, 0.25) is 0 Å². The van der Waals surface area contributed by atoms with Gasteiger partial charge in [0, 0.05) is 19.1 Å². The minimum absolute atomic E-state index is 0.274. The predicted octanol–water partition coefficient (Wildman–Crippen LogP) is 1.72. The van der Waals surface area contributed by atoms with Gasteiger partial charge in [-0.05, 0) is 25.8 Å². The average molecular weight is 208 g/mol. The third-order valence-electron chi connectivity index (χ3n) is 3.58. The first-order valence-electron chi connectivity index (χ1n) is 6.12. The first kappa shape index (κ1) is 12.5. The third kappa shape index (κ3) is 3.52. The predicted molar refractivity (Wildman–Crippen MR) is 65.7 cm³/mol. The molecule has 3 unspecified atom stereocenters. The molecule has 0 aromatic carbocycles. The molecule has 1 saturated heterocycles. The van der Waals surface area contributed by atoms with Crippen molar-refractivity contribution in [2.45, 2.75) is 45.7 Å². The van der Waals surface area contributed by atoms with Crippen molar-refractivity contribution in [2.75, 3.05) is 19.6 Å². The second kappa shape index (κ2) is 6.15. The maximum absolute atomic E-state index is 5.50. The van der Waals surface area contributed by atoms with E-state index >= 15 is 0 Å². The summed E-state index contributed by atoms with van der Waals surface area (Å²) in [4.78, 5) is 2.43. The van der Waals surface area contributed by atoms with Gasteiger partial charge in [-0.3, -0.25) is 4.90 Å². The molecule has 3 atom stereocenters. The summed E-state index contributed by atoms with van der Waals surface area (Å²) >= 11 is 0. The maximum atomic E-state index is 5.50. The van der Waals surface area contributed by atoms with Gasteiger partial charge in [0.1, 0.15) is 0 Å². The molecule has 1 aliphatic heterocycles. The highest BCUT2D eigenvalue weighted by Crippen LogP contribution is 2.13. The van der Waals surface area contributed by atoms with E-state index in [9.17, 15) is 0 Å². The SMILES string of the molecule is C#CC(C)N1CCCNC(C(C)CC)C1. The lowest BCUT2D eigenvalue weighted by Gasteiger charge is -2.29. The zero-order valence-corrected chi connectivity index (χ0v) is 10.3. The Bertz CT molecular complexity index is 219. The molecule has 0 spiro atoms. The molecule has 1 fully saturated rings. The summed E-state index contributed by atoms with van der Waals surface area (Å²) in [6.45, 7) is 10.1. The van der Waals surface area contributed by atoms with Crippen LogP contribution in [-0.2, 0) is 0 Å². The van der Waals surface area contributed by atoms with Crippen LogP contribution in [0.15, 0.2) is 0 Å². The molecular formula is C13H24N2. The van der Waals surface area contributed by atoms with Crippen molar-refractivity contribution in [3.63, 3.8) is 0 Å². The fraction of sp³-hybridized carbons (Fsp3) is 0.846. The second-order valence-electron chi connectivity index (χ2n) is 4.64. The molecule has 0 aromatic rings. The van der Waals surface area contributed by atoms with Crippen LogP contribution in [0.2, 0.25) is 0 Å². The molecule has 0 amide bonds. The summed E-state index contributed by atoms with van der Waals surface area (Å²) in [6, 6.07) is 0.879. The molecule has 0 bridgehead atoms.